The quantitative estimate of drug-likeness (QED) is 0.821. The molecule has 0 fully saturated rings. The highest BCUT2D eigenvalue weighted by Gasteiger charge is 2.26. The molecule has 0 spiro atoms. The van der Waals surface area contributed by atoms with Crippen LogP contribution in [-0.4, -0.2) is 28.9 Å². The monoisotopic (exact) mass is 335 g/mol. The molecule has 9 heteroatoms. The average molecular weight is 335 g/mol. The molecule has 1 aromatic carbocycles. The molecule has 0 radical (unpaired) electrons. The molecule has 0 saturated carbocycles. The summed E-state index contributed by atoms with van der Waals surface area (Å²) in [6.45, 7) is 0. The minimum atomic E-state index is -3.74. The van der Waals surface area contributed by atoms with Crippen LogP contribution in [0.25, 0.3) is 10.1 Å². The van der Waals surface area contributed by atoms with Crippen LogP contribution in [0.1, 0.15) is 0 Å². The van der Waals surface area contributed by atoms with Gasteiger partial charge < -0.3 is 9.05 Å². The molecular formula is C11H14NO5PS2. The molecule has 0 atom stereocenters. The van der Waals surface area contributed by atoms with Crippen molar-refractivity contribution < 1.29 is 22.0 Å². The summed E-state index contributed by atoms with van der Waals surface area (Å²) in [5.74, 6) is 0. The number of nitrogens with one attached hydrogen (secondary N) is 1. The number of thiophene rings is 1. The van der Waals surface area contributed by atoms with E-state index in [9.17, 15) is 13.0 Å². The number of rotatable bonds is 6. The van der Waals surface area contributed by atoms with Crippen LogP contribution in [0, 0.1) is 0 Å². The van der Waals surface area contributed by atoms with Gasteiger partial charge in [0.1, 0.15) is 10.5 Å². The van der Waals surface area contributed by atoms with Gasteiger partial charge in [-0.1, -0.05) is 18.2 Å². The highest BCUT2D eigenvalue weighted by Crippen LogP contribution is 2.45. The smallest absolute Gasteiger partial charge is 0.311 e. The van der Waals surface area contributed by atoms with Crippen LogP contribution in [0.4, 0.5) is 0 Å². The van der Waals surface area contributed by atoms with Crippen molar-refractivity contribution in [1.29, 1.82) is 0 Å². The van der Waals surface area contributed by atoms with Crippen LogP contribution in [-0.2, 0) is 23.6 Å². The maximum absolute atomic E-state index is 12.1. The minimum absolute atomic E-state index is 0.164. The number of hydrogen-bond acceptors (Lipinski definition) is 6. The van der Waals surface area contributed by atoms with Gasteiger partial charge in [0.15, 0.2) is 0 Å². The average Bonchev–Trinajstić information content (AvgIpc) is 2.90. The lowest BCUT2D eigenvalue weighted by molar-refractivity contribution is 0.275. The molecule has 0 aliphatic rings. The normalized spacial score (nSPS) is 12.9. The van der Waals surface area contributed by atoms with E-state index in [1.165, 1.54) is 14.2 Å². The molecule has 2 aromatic rings. The van der Waals surface area contributed by atoms with E-state index < -0.39 is 23.9 Å². The Balaban J connectivity index is 2.24. The van der Waals surface area contributed by atoms with Crippen molar-refractivity contribution in [1.82, 2.24) is 4.72 Å². The first-order valence-electron chi connectivity index (χ1n) is 5.59. The summed E-state index contributed by atoms with van der Waals surface area (Å²) < 4.78 is 48.8. The predicted molar refractivity (Wildman–Crippen MR) is 78.6 cm³/mol. The lowest BCUT2D eigenvalue weighted by Gasteiger charge is -2.13. The molecule has 1 aromatic heterocycles. The van der Waals surface area contributed by atoms with E-state index in [1.807, 2.05) is 24.3 Å². The van der Waals surface area contributed by atoms with Crippen molar-refractivity contribution in [2.75, 3.05) is 20.5 Å². The molecule has 1 heterocycles. The number of fused-ring (bicyclic) bond motifs is 1. The van der Waals surface area contributed by atoms with Gasteiger partial charge in [-0.2, -0.15) is 4.72 Å². The second kappa shape index (κ2) is 5.93. The lowest BCUT2D eigenvalue weighted by Crippen LogP contribution is -2.24. The Morgan fingerprint density at radius 2 is 1.90 bits per heavy atom. The van der Waals surface area contributed by atoms with Crippen LogP contribution in [0.5, 0.6) is 0 Å². The molecule has 20 heavy (non-hydrogen) atoms. The van der Waals surface area contributed by atoms with Crippen molar-refractivity contribution in [3.63, 3.8) is 0 Å². The third kappa shape index (κ3) is 3.28. The van der Waals surface area contributed by atoms with Crippen molar-refractivity contribution in [2.24, 2.45) is 0 Å². The Labute approximate surface area is 121 Å². The van der Waals surface area contributed by atoms with Crippen LogP contribution in [0.3, 0.4) is 0 Å². The number of hydrogen-bond donors (Lipinski definition) is 1. The topological polar surface area (TPSA) is 81.7 Å². The molecule has 110 valence electrons. The van der Waals surface area contributed by atoms with Crippen molar-refractivity contribution in [2.45, 2.75) is 4.21 Å². The van der Waals surface area contributed by atoms with Gasteiger partial charge in [-0.3, -0.25) is 4.57 Å². The van der Waals surface area contributed by atoms with Crippen molar-refractivity contribution in [3.8, 4) is 0 Å². The Kier molecular flexibility index (Phi) is 4.63. The summed E-state index contributed by atoms with van der Waals surface area (Å²) in [6, 6.07) is 8.93. The largest absolute Gasteiger partial charge is 0.344 e. The Morgan fingerprint density at radius 3 is 2.50 bits per heavy atom. The van der Waals surface area contributed by atoms with E-state index in [4.69, 9.17) is 0 Å². The zero-order valence-electron chi connectivity index (χ0n) is 10.9. The molecule has 0 bridgehead atoms. The molecular weight excluding hydrogens is 321 g/mol. The number of sulfonamides is 1. The first-order chi connectivity index (χ1) is 9.40. The Bertz CT molecular complexity index is 714. The summed E-state index contributed by atoms with van der Waals surface area (Å²) in [5.41, 5.74) is 0. The van der Waals surface area contributed by atoms with E-state index in [2.05, 4.69) is 13.8 Å². The summed E-state index contributed by atoms with van der Waals surface area (Å²) in [4.78, 5) is 0. The maximum atomic E-state index is 12.1. The van der Waals surface area contributed by atoms with Crippen LogP contribution >= 0.6 is 18.9 Å². The molecule has 0 aliphatic heterocycles. The lowest BCUT2D eigenvalue weighted by atomic mass is 10.3. The van der Waals surface area contributed by atoms with E-state index in [1.54, 1.807) is 6.07 Å². The molecule has 1 N–H and O–H groups in total. The zero-order valence-corrected chi connectivity index (χ0v) is 13.4. The summed E-state index contributed by atoms with van der Waals surface area (Å²) in [6.07, 6.45) is -0.406. The SMILES string of the molecule is COP(=O)(CNS(=O)(=O)c1cc2ccccc2s1)OC. The van der Waals surface area contributed by atoms with Gasteiger partial charge in [-0.25, -0.2) is 8.42 Å². The van der Waals surface area contributed by atoms with Crippen LogP contribution in [0.2, 0.25) is 0 Å². The molecule has 0 saturated heterocycles. The summed E-state index contributed by atoms with van der Waals surface area (Å²) in [5, 5.41) is 0.847. The standard InChI is InChI=1S/C11H14NO5PS2/c1-16-18(13,17-2)8-12-20(14,15)11-7-9-5-3-4-6-10(9)19-11/h3-7,12H,8H2,1-2H3. The first kappa shape index (κ1) is 15.6. The van der Waals surface area contributed by atoms with Gasteiger partial charge in [-0.05, 0) is 17.5 Å². The Morgan fingerprint density at radius 1 is 1.25 bits per heavy atom. The van der Waals surface area contributed by atoms with Crippen molar-refractivity contribution in [3.05, 3.63) is 30.3 Å². The van der Waals surface area contributed by atoms with Crippen molar-refractivity contribution >= 4 is 39.0 Å². The van der Waals surface area contributed by atoms with E-state index >= 15 is 0 Å². The first-order valence-corrected chi connectivity index (χ1v) is 9.62. The minimum Gasteiger partial charge on any atom is -0.311 e. The van der Waals surface area contributed by atoms with Gasteiger partial charge in [0.05, 0.1) is 0 Å². The Hall–Kier alpha value is -0.760. The van der Waals surface area contributed by atoms with Gasteiger partial charge >= 0.3 is 7.60 Å². The fourth-order valence-corrected chi connectivity index (χ4v) is 5.35. The second-order valence-electron chi connectivity index (χ2n) is 3.89. The second-order valence-corrected chi connectivity index (χ2v) is 9.23. The molecule has 6 nitrogen and oxygen atoms in total. The zero-order chi connectivity index (χ0) is 14.8. The van der Waals surface area contributed by atoms with Gasteiger partial charge in [0.25, 0.3) is 10.0 Å². The summed E-state index contributed by atoms with van der Waals surface area (Å²) in [7, 11) is -4.74. The molecule has 0 unspecified atom stereocenters. The van der Waals surface area contributed by atoms with Gasteiger partial charge in [0, 0.05) is 18.9 Å². The molecule has 0 aliphatic carbocycles. The highest BCUT2D eigenvalue weighted by molar-refractivity contribution is 7.92. The fraction of sp³-hybridized carbons (Fsp3) is 0.273. The predicted octanol–water partition coefficient (Wildman–Crippen LogP) is 2.62. The summed E-state index contributed by atoms with van der Waals surface area (Å²) >= 11 is 1.15. The van der Waals surface area contributed by atoms with E-state index in [-0.39, 0.29) is 4.21 Å². The maximum Gasteiger partial charge on any atom is 0.344 e. The third-order valence-corrected chi connectivity index (χ3v) is 7.54. The molecule has 0 amide bonds. The fourth-order valence-electron chi connectivity index (χ4n) is 1.53. The van der Waals surface area contributed by atoms with Crippen LogP contribution < -0.4 is 4.72 Å². The third-order valence-electron chi connectivity index (χ3n) is 2.67. The van der Waals surface area contributed by atoms with E-state index in [0.29, 0.717) is 0 Å². The van der Waals surface area contributed by atoms with Gasteiger partial charge in [-0.15, -0.1) is 11.3 Å². The highest BCUT2D eigenvalue weighted by atomic mass is 32.2. The van der Waals surface area contributed by atoms with Gasteiger partial charge in [0.2, 0.25) is 0 Å². The van der Waals surface area contributed by atoms with E-state index in [0.717, 1.165) is 21.4 Å². The molecule has 2 rings (SSSR count). The van der Waals surface area contributed by atoms with Crippen LogP contribution in [0.15, 0.2) is 34.5 Å². The number of benzene rings is 1.